The molecule has 0 aliphatic rings. The molecule has 9 heteroatoms. The van der Waals surface area contributed by atoms with Gasteiger partial charge < -0.3 is 25.8 Å². The number of amides is 3. The number of nitrogens with one attached hydrogen (secondary N) is 3. The van der Waals surface area contributed by atoms with Crippen LogP contribution in [-0.2, 0) is 33.0 Å². The highest BCUT2D eigenvalue weighted by molar-refractivity contribution is 7.99. The lowest BCUT2D eigenvalue weighted by Crippen LogP contribution is -2.57. The van der Waals surface area contributed by atoms with Gasteiger partial charge >= 0.3 is 6.09 Å². The van der Waals surface area contributed by atoms with E-state index in [1.165, 1.54) is 11.8 Å². The van der Waals surface area contributed by atoms with Crippen LogP contribution in [0, 0.1) is 5.92 Å². The molecular formula is C35H45N3O5S. The van der Waals surface area contributed by atoms with Crippen molar-refractivity contribution >= 4 is 29.7 Å². The quantitative estimate of drug-likeness (QED) is 0.196. The van der Waals surface area contributed by atoms with Crippen LogP contribution < -0.4 is 16.0 Å². The van der Waals surface area contributed by atoms with E-state index in [1.54, 1.807) is 20.8 Å². The van der Waals surface area contributed by atoms with E-state index in [4.69, 9.17) is 4.74 Å². The van der Waals surface area contributed by atoms with E-state index < -0.39 is 41.0 Å². The minimum absolute atomic E-state index is 0.216. The van der Waals surface area contributed by atoms with Gasteiger partial charge in [-0.1, -0.05) is 105 Å². The molecule has 0 radical (unpaired) electrons. The molecule has 0 aliphatic heterocycles. The second-order valence-corrected chi connectivity index (χ2v) is 13.2. The summed E-state index contributed by atoms with van der Waals surface area (Å²) in [5.74, 6) is -0.582. The Morgan fingerprint density at radius 2 is 1.30 bits per heavy atom. The molecule has 0 spiro atoms. The minimum atomic E-state index is -1.31. The van der Waals surface area contributed by atoms with Crippen LogP contribution in [0.2, 0.25) is 0 Å². The number of aliphatic hydroxyl groups is 1. The van der Waals surface area contributed by atoms with E-state index in [0.717, 1.165) is 16.7 Å². The fraction of sp³-hybridized carbons (Fsp3) is 0.400. The number of ether oxygens (including phenoxy) is 1. The van der Waals surface area contributed by atoms with Crippen LogP contribution in [-0.4, -0.2) is 52.1 Å². The van der Waals surface area contributed by atoms with Gasteiger partial charge in [0.15, 0.2) is 0 Å². The first-order chi connectivity index (χ1) is 20.9. The third kappa shape index (κ3) is 11.7. The van der Waals surface area contributed by atoms with Crippen LogP contribution in [0.4, 0.5) is 4.79 Å². The van der Waals surface area contributed by atoms with E-state index >= 15 is 0 Å². The molecule has 0 heterocycles. The van der Waals surface area contributed by atoms with Crippen molar-refractivity contribution < 1.29 is 24.2 Å². The Hall–Kier alpha value is -3.82. The maximum absolute atomic E-state index is 14.0. The fourth-order valence-corrected chi connectivity index (χ4v) is 5.72. The van der Waals surface area contributed by atoms with Crippen LogP contribution in [0.3, 0.4) is 0 Å². The predicted molar refractivity (Wildman–Crippen MR) is 176 cm³/mol. The van der Waals surface area contributed by atoms with Gasteiger partial charge in [0.2, 0.25) is 11.8 Å². The number of thioether (sulfide) groups is 1. The molecule has 0 saturated carbocycles. The summed E-state index contributed by atoms with van der Waals surface area (Å²) in [7, 11) is 0. The van der Waals surface area contributed by atoms with Crippen molar-refractivity contribution in [2.45, 2.75) is 82.4 Å². The first-order valence-corrected chi connectivity index (χ1v) is 16.0. The van der Waals surface area contributed by atoms with Crippen molar-refractivity contribution in [1.82, 2.24) is 16.0 Å². The number of benzene rings is 3. The number of carbonyl (C=O) groups excluding carboxylic acids is 3. The molecule has 3 aromatic rings. The summed E-state index contributed by atoms with van der Waals surface area (Å²) in [6.07, 6.45) is -1.73. The van der Waals surface area contributed by atoms with Gasteiger partial charge in [0, 0.05) is 12.3 Å². The number of hydrogen-bond donors (Lipinski definition) is 4. The van der Waals surface area contributed by atoms with E-state index in [1.807, 2.05) is 105 Å². The number of aliphatic hydroxyl groups excluding tert-OH is 1. The van der Waals surface area contributed by atoms with E-state index in [2.05, 4.69) is 16.0 Å². The third-order valence-electron chi connectivity index (χ3n) is 6.81. The highest BCUT2D eigenvalue weighted by Gasteiger charge is 2.37. The topological polar surface area (TPSA) is 117 Å². The molecule has 0 bridgehead atoms. The largest absolute Gasteiger partial charge is 0.444 e. The van der Waals surface area contributed by atoms with Crippen LogP contribution in [0.15, 0.2) is 91.0 Å². The summed E-state index contributed by atoms with van der Waals surface area (Å²) >= 11 is 1.26. The molecule has 0 fully saturated rings. The SMILES string of the molecule is CC(C)[C@H](NC(=O)[C@H](SCc1ccccc1)[C@H](O)[C@H](Cc1ccccc1)NC(=O)OC(C)(C)C)C(=O)NCc1ccccc1. The molecule has 4 N–H and O–H groups in total. The maximum Gasteiger partial charge on any atom is 0.407 e. The van der Waals surface area contributed by atoms with Gasteiger partial charge in [-0.15, -0.1) is 11.8 Å². The van der Waals surface area contributed by atoms with Crippen molar-refractivity contribution in [2.75, 3.05) is 0 Å². The lowest BCUT2D eigenvalue weighted by Gasteiger charge is -2.32. The zero-order valence-electron chi connectivity index (χ0n) is 26.2. The molecule has 0 saturated heterocycles. The lowest BCUT2D eigenvalue weighted by atomic mass is 9.97. The zero-order chi connectivity index (χ0) is 32.1. The summed E-state index contributed by atoms with van der Waals surface area (Å²) in [5.41, 5.74) is 2.05. The van der Waals surface area contributed by atoms with Crippen molar-refractivity contribution in [2.24, 2.45) is 5.92 Å². The fourth-order valence-electron chi connectivity index (χ4n) is 4.55. The minimum Gasteiger partial charge on any atom is -0.444 e. The Morgan fingerprint density at radius 1 is 0.773 bits per heavy atom. The van der Waals surface area contributed by atoms with Gasteiger partial charge in [-0.05, 0) is 49.8 Å². The average molecular weight is 620 g/mol. The molecule has 0 aliphatic carbocycles. The first kappa shape index (κ1) is 34.7. The molecule has 4 atom stereocenters. The third-order valence-corrected chi connectivity index (χ3v) is 8.16. The van der Waals surface area contributed by atoms with Gasteiger partial charge in [0.05, 0.1) is 12.1 Å². The van der Waals surface area contributed by atoms with Crippen LogP contribution in [0.25, 0.3) is 0 Å². The summed E-state index contributed by atoms with van der Waals surface area (Å²) in [5, 5.41) is 19.4. The standard InChI is InChI=1S/C35H45N3O5S/c1-24(2)29(32(40)36-22-26-17-11-7-12-18-26)38-33(41)31(44-23-27-19-13-8-14-20-27)30(39)28(21-25-15-9-6-10-16-25)37-34(42)43-35(3,4)5/h6-20,24,28-31,39H,21-23H2,1-5H3,(H,36,40)(H,37,42)(H,38,41)/t28-,29-,30+,31+/m0/s1. The normalized spacial score (nSPS) is 14.2. The molecular weight excluding hydrogens is 574 g/mol. The summed E-state index contributed by atoms with van der Waals surface area (Å²) in [6.45, 7) is 9.32. The molecule has 0 unspecified atom stereocenters. The Labute approximate surface area is 265 Å². The Kier molecular flexibility index (Phi) is 13.3. The molecule has 8 nitrogen and oxygen atoms in total. The number of rotatable bonds is 14. The second kappa shape index (κ2) is 16.9. The Bertz CT molecular complexity index is 1320. The molecule has 3 rings (SSSR count). The first-order valence-electron chi connectivity index (χ1n) is 14.9. The smallest absolute Gasteiger partial charge is 0.407 e. The van der Waals surface area contributed by atoms with Gasteiger partial charge in [-0.2, -0.15) is 0 Å². The van der Waals surface area contributed by atoms with Crippen LogP contribution in [0.5, 0.6) is 0 Å². The monoisotopic (exact) mass is 619 g/mol. The molecule has 0 aromatic heterocycles. The number of carbonyl (C=O) groups is 3. The summed E-state index contributed by atoms with van der Waals surface area (Å²) < 4.78 is 5.50. The molecule has 3 amide bonds. The Morgan fingerprint density at radius 3 is 1.82 bits per heavy atom. The van der Waals surface area contributed by atoms with Crippen LogP contribution in [0.1, 0.15) is 51.3 Å². The molecule has 236 valence electrons. The van der Waals surface area contributed by atoms with Gasteiger partial charge in [0.25, 0.3) is 0 Å². The van der Waals surface area contributed by atoms with E-state index in [-0.39, 0.29) is 18.2 Å². The van der Waals surface area contributed by atoms with Crippen molar-refractivity contribution in [1.29, 1.82) is 0 Å². The lowest BCUT2D eigenvalue weighted by molar-refractivity contribution is -0.131. The van der Waals surface area contributed by atoms with Crippen LogP contribution >= 0.6 is 11.8 Å². The summed E-state index contributed by atoms with van der Waals surface area (Å²) in [6, 6.07) is 26.9. The highest BCUT2D eigenvalue weighted by Crippen LogP contribution is 2.25. The van der Waals surface area contributed by atoms with E-state index in [9.17, 15) is 19.5 Å². The highest BCUT2D eigenvalue weighted by atomic mass is 32.2. The number of alkyl carbamates (subject to hydrolysis) is 1. The maximum atomic E-state index is 14.0. The van der Waals surface area contributed by atoms with Crippen molar-refractivity contribution in [3.05, 3.63) is 108 Å². The predicted octanol–water partition coefficient (Wildman–Crippen LogP) is 5.24. The second-order valence-electron chi connectivity index (χ2n) is 12.1. The van der Waals surface area contributed by atoms with Gasteiger partial charge in [-0.3, -0.25) is 9.59 Å². The van der Waals surface area contributed by atoms with Gasteiger partial charge in [-0.25, -0.2) is 4.79 Å². The van der Waals surface area contributed by atoms with Gasteiger partial charge in [0.1, 0.15) is 16.9 Å². The zero-order valence-corrected chi connectivity index (χ0v) is 27.0. The van der Waals surface area contributed by atoms with Crippen molar-refractivity contribution in [3.8, 4) is 0 Å². The van der Waals surface area contributed by atoms with Crippen molar-refractivity contribution in [3.63, 3.8) is 0 Å². The Balaban J connectivity index is 1.85. The molecule has 44 heavy (non-hydrogen) atoms. The molecule has 3 aromatic carbocycles. The average Bonchev–Trinajstić information content (AvgIpc) is 2.98. The van der Waals surface area contributed by atoms with E-state index in [0.29, 0.717) is 12.3 Å². The number of hydrogen-bond acceptors (Lipinski definition) is 6. The summed E-state index contributed by atoms with van der Waals surface area (Å²) in [4.78, 5) is 40.1.